The van der Waals surface area contributed by atoms with E-state index < -0.39 is 0 Å². The highest BCUT2D eigenvalue weighted by Gasteiger charge is 2.27. The molecule has 4 aromatic rings. The van der Waals surface area contributed by atoms with Crippen molar-refractivity contribution in [3.05, 3.63) is 53.1 Å². The zero-order chi connectivity index (χ0) is 23.3. The normalized spacial score (nSPS) is 13.6. The number of anilines is 1. The third-order valence-corrected chi connectivity index (χ3v) is 7.02. The molecule has 0 aliphatic heterocycles. The summed E-state index contributed by atoms with van der Waals surface area (Å²) in [5.74, 6) is 1.84. The second-order valence-corrected chi connectivity index (χ2v) is 9.36. The summed E-state index contributed by atoms with van der Waals surface area (Å²) in [6.07, 6.45) is 4.42. The van der Waals surface area contributed by atoms with Crippen molar-refractivity contribution in [1.82, 2.24) is 29.5 Å². The predicted octanol–water partition coefficient (Wildman–Crippen LogP) is 4.97. The van der Waals surface area contributed by atoms with E-state index in [0.717, 1.165) is 45.3 Å². The van der Waals surface area contributed by atoms with Gasteiger partial charge in [0.2, 0.25) is 0 Å². The van der Waals surface area contributed by atoms with Crippen LogP contribution in [0.2, 0.25) is 0 Å². The molecule has 3 aromatic heterocycles. The van der Waals surface area contributed by atoms with Crippen LogP contribution in [0.25, 0.3) is 28.6 Å². The molecular formula is C24H26FN7S. The minimum absolute atomic E-state index is 0.271. The molecule has 0 bridgehead atoms. The molecule has 5 rings (SSSR count). The predicted molar refractivity (Wildman–Crippen MR) is 129 cm³/mol. The van der Waals surface area contributed by atoms with Crippen molar-refractivity contribution in [2.24, 2.45) is 5.92 Å². The third-order valence-electron chi connectivity index (χ3n) is 6.03. The minimum Gasteiger partial charge on any atom is -0.384 e. The largest absolute Gasteiger partial charge is 0.384 e. The number of nitrogens with two attached hydrogens (primary N) is 1. The molecule has 170 valence electrons. The van der Waals surface area contributed by atoms with E-state index in [2.05, 4.69) is 10.1 Å². The van der Waals surface area contributed by atoms with E-state index in [9.17, 15) is 4.39 Å². The highest BCUT2D eigenvalue weighted by molar-refractivity contribution is 7.98. The second kappa shape index (κ2) is 8.30. The van der Waals surface area contributed by atoms with E-state index >= 15 is 0 Å². The number of thioether (sulfide) groups is 1. The number of benzene rings is 1. The lowest BCUT2D eigenvalue weighted by Gasteiger charge is -2.10. The van der Waals surface area contributed by atoms with Gasteiger partial charge in [0.15, 0.2) is 11.6 Å². The van der Waals surface area contributed by atoms with E-state index in [-0.39, 0.29) is 5.82 Å². The van der Waals surface area contributed by atoms with Crippen LogP contribution in [0.15, 0.2) is 35.2 Å². The molecule has 9 heteroatoms. The SMILES string of the molecule is CSc1c(C)nn(-c2cc(N)nc(-c3c(C)c(-c4ccc(F)cc4)nn3CC3CC3)n2)c1C. The number of hydrogen-bond donors (Lipinski definition) is 1. The zero-order valence-electron chi connectivity index (χ0n) is 19.1. The lowest BCUT2D eigenvalue weighted by atomic mass is 10.1. The van der Waals surface area contributed by atoms with Gasteiger partial charge in [0, 0.05) is 23.7 Å². The Hall–Kier alpha value is -3.20. The molecule has 0 amide bonds. The summed E-state index contributed by atoms with van der Waals surface area (Å²) in [5, 5.41) is 9.58. The highest BCUT2D eigenvalue weighted by atomic mass is 32.2. The van der Waals surface area contributed by atoms with E-state index in [1.54, 1.807) is 30.0 Å². The first kappa shape index (κ1) is 21.6. The topological polar surface area (TPSA) is 87.4 Å². The molecule has 33 heavy (non-hydrogen) atoms. The fraction of sp³-hybridized carbons (Fsp3) is 0.333. The fourth-order valence-corrected chi connectivity index (χ4v) is 4.93. The van der Waals surface area contributed by atoms with Crippen molar-refractivity contribution in [3.8, 4) is 28.6 Å². The van der Waals surface area contributed by atoms with E-state index in [4.69, 9.17) is 15.8 Å². The van der Waals surface area contributed by atoms with Gasteiger partial charge >= 0.3 is 0 Å². The van der Waals surface area contributed by atoms with Gasteiger partial charge in [-0.25, -0.2) is 19.0 Å². The molecule has 7 nitrogen and oxygen atoms in total. The van der Waals surface area contributed by atoms with Crippen LogP contribution in [0.1, 0.15) is 29.8 Å². The van der Waals surface area contributed by atoms with Crippen LogP contribution >= 0.6 is 11.8 Å². The summed E-state index contributed by atoms with van der Waals surface area (Å²) < 4.78 is 17.3. The van der Waals surface area contributed by atoms with Crippen LogP contribution in [0, 0.1) is 32.5 Å². The molecule has 1 fully saturated rings. The van der Waals surface area contributed by atoms with Crippen LogP contribution in [0.4, 0.5) is 10.2 Å². The van der Waals surface area contributed by atoms with Crippen molar-refractivity contribution in [3.63, 3.8) is 0 Å². The van der Waals surface area contributed by atoms with Gasteiger partial charge in [0.25, 0.3) is 0 Å². The van der Waals surface area contributed by atoms with Crippen LogP contribution < -0.4 is 5.73 Å². The Labute approximate surface area is 196 Å². The number of nitrogens with zero attached hydrogens (tertiary/aromatic N) is 6. The van der Waals surface area contributed by atoms with Gasteiger partial charge < -0.3 is 5.73 Å². The number of nitrogen functional groups attached to an aromatic ring is 1. The zero-order valence-corrected chi connectivity index (χ0v) is 19.9. The molecule has 0 saturated heterocycles. The summed E-state index contributed by atoms with van der Waals surface area (Å²) >= 11 is 1.66. The molecule has 0 radical (unpaired) electrons. The molecule has 1 saturated carbocycles. The first-order valence-corrected chi connectivity index (χ1v) is 12.2. The first-order chi connectivity index (χ1) is 15.9. The van der Waals surface area contributed by atoms with Gasteiger partial charge in [-0.3, -0.25) is 4.68 Å². The van der Waals surface area contributed by atoms with Gasteiger partial charge in [0.1, 0.15) is 17.3 Å². The number of halogens is 1. The summed E-state index contributed by atoms with van der Waals surface area (Å²) in [7, 11) is 0. The minimum atomic E-state index is -0.271. The standard InChI is InChI=1S/C24H26FN7S/c1-13-21(17-7-9-18(25)10-8-17)30-31(12-16-5-6-16)22(13)24-27-19(26)11-20(28-24)32-15(3)23(33-4)14(2)29-32/h7-11,16H,5-6,12H2,1-4H3,(H2,26,27,28). The Bertz CT molecular complexity index is 1340. The lowest BCUT2D eigenvalue weighted by Crippen LogP contribution is -2.10. The molecular weight excluding hydrogens is 437 g/mol. The van der Waals surface area contributed by atoms with Crippen LogP contribution in [0.3, 0.4) is 0 Å². The quantitative estimate of drug-likeness (QED) is 0.406. The van der Waals surface area contributed by atoms with Gasteiger partial charge in [-0.2, -0.15) is 10.2 Å². The summed E-state index contributed by atoms with van der Waals surface area (Å²) in [6.45, 7) is 6.82. The Kier molecular flexibility index (Phi) is 5.44. The first-order valence-electron chi connectivity index (χ1n) is 10.9. The number of rotatable bonds is 6. The smallest absolute Gasteiger partial charge is 0.182 e. The summed E-state index contributed by atoms with van der Waals surface area (Å²) in [6, 6.07) is 8.15. The van der Waals surface area contributed by atoms with Gasteiger partial charge in [-0.05, 0) is 70.1 Å². The number of hydrogen-bond acceptors (Lipinski definition) is 6. The van der Waals surface area contributed by atoms with Crippen LogP contribution in [-0.4, -0.2) is 35.8 Å². The molecule has 0 atom stereocenters. The molecule has 3 heterocycles. The maximum absolute atomic E-state index is 13.5. The Balaban J connectivity index is 1.66. The average Bonchev–Trinajstić information content (AvgIpc) is 3.47. The van der Waals surface area contributed by atoms with Crippen molar-refractivity contribution in [1.29, 1.82) is 0 Å². The molecule has 0 unspecified atom stereocenters. The van der Waals surface area contributed by atoms with E-state index in [0.29, 0.717) is 23.4 Å². The molecule has 0 spiro atoms. The summed E-state index contributed by atoms with van der Waals surface area (Å²) in [4.78, 5) is 10.6. The lowest BCUT2D eigenvalue weighted by molar-refractivity contribution is 0.568. The van der Waals surface area contributed by atoms with Crippen molar-refractivity contribution < 1.29 is 4.39 Å². The maximum Gasteiger partial charge on any atom is 0.182 e. The van der Waals surface area contributed by atoms with Crippen molar-refractivity contribution >= 4 is 17.6 Å². The van der Waals surface area contributed by atoms with Gasteiger partial charge in [0.05, 0.1) is 22.0 Å². The van der Waals surface area contributed by atoms with E-state index in [1.165, 1.54) is 25.0 Å². The van der Waals surface area contributed by atoms with Crippen LogP contribution in [-0.2, 0) is 6.54 Å². The molecule has 2 N–H and O–H groups in total. The number of aryl methyl sites for hydroxylation is 1. The highest BCUT2D eigenvalue weighted by Crippen LogP contribution is 2.36. The number of aromatic nitrogens is 6. The second-order valence-electron chi connectivity index (χ2n) is 8.55. The van der Waals surface area contributed by atoms with Crippen molar-refractivity contribution in [2.45, 2.75) is 45.1 Å². The summed E-state index contributed by atoms with van der Waals surface area (Å²) in [5.41, 5.74) is 11.6. The van der Waals surface area contributed by atoms with Gasteiger partial charge in [-0.15, -0.1) is 11.8 Å². The van der Waals surface area contributed by atoms with E-state index in [1.807, 2.05) is 36.4 Å². The van der Waals surface area contributed by atoms with Gasteiger partial charge in [-0.1, -0.05) is 0 Å². The molecule has 1 aromatic carbocycles. The molecule has 1 aliphatic carbocycles. The molecule has 1 aliphatic rings. The maximum atomic E-state index is 13.5. The van der Waals surface area contributed by atoms with Crippen molar-refractivity contribution in [2.75, 3.05) is 12.0 Å². The Morgan fingerprint density at radius 1 is 1.09 bits per heavy atom. The Morgan fingerprint density at radius 3 is 2.45 bits per heavy atom. The monoisotopic (exact) mass is 463 g/mol. The fourth-order valence-electron chi connectivity index (χ4n) is 4.21. The average molecular weight is 464 g/mol. The van der Waals surface area contributed by atoms with Crippen LogP contribution in [0.5, 0.6) is 0 Å². The third kappa shape index (κ3) is 4.01. The Morgan fingerprint density at radius 2 is 1.82 bits per heavy atom.